The van der Waals surface area contributed by atoms with Crippen LogP contribution in [0.1, 0.15) is 83.1 Å². The minimum absolute atomic E-state index is 0.176. The van der Waals surface area contributed by atoms with Crippen molar-refractivity contribution in [3.8, 4) is 0 Å². The summed E-state index contributed by atoms with van der Waals surface area (Å²) in [5.74, 6) is -1.65. The number of nitrogens with zero attached hydrogens (tertiary/aromatic N) is 2. The predicted octanol–water partition coefficient (Wildman–Crippen LogP) is 4.47. The minimum atomic E-state index is -0.680. The first kappa shape index (κ1) is 28.8. The van der Waals surface area contributed by atoms with E-state index >= 15 is 0 Å². The molecule has 2 fully saturated rings. The number of carbonyl (C=O) groups excluding carboxylic acids is 4. The number of allylic oxidation sites excluding steroid dienone is 2. The Morgan fingerprint density at radius 3 is 2.23 bits per heavy atom. The highest BCUT2D eigenvalue weighted by Crippen LogP contribution is 2.57. The molecule has 0 aromatic heterocycles. The van der Waals surface area contributed by atoms with Crippen LogP contribution in [0.25, 0.3) is 5.57 Å². The van der Waals surface area contributed by atoms with E-state index in [1.165, 1.54) is 17.6 Å². The fourth-order valence-electron chi connectivity index (χ4n) is 6.92. The number of methoxy groups -OCH3 is 1. The molecular weight excluding hydrogens is 496 g/mol. The van der Waals surface area contributed by atoms with Crippen molar-refractivity contribution in [1.82, 2.24) is 9.80 Å². The number of ether oxygens (including phenoxy) is 2. The van der Waals surface area contributed by atoms with Crippen molar-refractivity contribution in [1.29, 1.82) is 0 Å². The molecule has 212 valence electrons. The lowest BCUT2D eigenvalue weighted by molar-refractivity contribution is -0.159. The summed E-state index contributed by atoms with van der Waals surface area (Å²) in [6.07, 6.45) is 5.00. The number of likely N-dealkylation sites (tertiary alicyclic amines) is 2. The van der Waals surface area contributed by atoms with Crippen LogP contribution in [0, 0.1) is 16.7 Å². The van der Waals surface area contributed by atoms with Gasteiger partial charge in [-0.3, -0.25) is 9.59 Å². The van der Waals surface area contributed by atoms with Gasteiger partial charge in [0.1, 0.15) is 11.6 Å². The number of hydrogen-bond acceptors (Lipinski definition) is 6. The molecule has 0 spiro atoms. The van der Waals surface area contributed by atoms with Crippen LogP contribution in [-0.2, 0) is 23.9 Å². The van der Waals surface area contributed by atoms with Gasteiger partial charge in [0.05, 0.1) is 12.7 Å². The number of hydrogen-bond donors (Lipinski definition) is 0. The Morgan fingerprint density at radius 1 is 0.949 bits per heavy atom. The SMILES string of the molecule is COC(=O)[C@@H]1CCCN1C(=O)C(=O)N1CC[C@H]2C(C)(C)C(c3ccc(C(=O)OC(C)(C)C)cc3)=CC[C@]2(C)C1. The molecule has 0 radical (unpaired) electrons. The molecule has 8 nitrogen and oxygen atoms in total. The topological polar surface area (TPSA) is 93.2 Å². The third kappa shape index (κ3) is 5.61. The molecule has 0 unspecified atom stereocenters. The highest BCUT2D eigenvalue weighted by molar-refractivity contribution is 6.35. The van der Waals surface area contributed by atoms with Gasteiger partial charge in [-0.25, -0.2) is 9.59 Å². The van der Waals surface area contributed by atoms with Gasteiger partial charge in [0.15, 0.2) is 0 Å². The first-order chi connectivity index (χ1) is 18.2. The van der Waals surface area contributed by atoms with Gasteiger partial charge in [0.25, 0.3) is 0 Å². The van der Waals surface area contributed by atoms with Crippen LogP contribution in [0.15, 0.2) is 30.3 Å². The Labute approximate surface area is 231 Å². The quantitative estimate of drug-likeness (QED) is 0.416. The van der Waals surface area contributed by atoms with Crippen LogP contribution in [0.5, 0.6) is 0 Å². The van der Waals surface area contributed by atoms with Crippen molar-refractivity contribution in [2.24, 2.45) is 16.7 Å². The molecule has 2 amide bonds. The first-order valence-corrected chi connectivity index (χ1v) is 13.9. The summed E-state index contributed by atoms with van der Waals surface area (Å²) in [7, 11) is 1.30. The average molecular weight is 539 g/mol. The molecular formula is C31H42N2O6. The van der Waals surface area contributed by atoms with E-state index in [0.29, 0.717) is 44.0 Å². The third-order valence-corrected chi connectivity index (χ3v) is 8.71. The molecule has 2 saturated heterocycles. The minimum Gasteiger partial charge on any atom is -0.467 e. The van der Waals surface area contributed by atoms with Gasteiger partial charge in [-0.2, -0.15) is 0 Å². The summed E-state index contributed by atoms with van der Waals surface area (Å²) in [6, 6.07) is 6.93. The van der Waals surface area contributed by atoms with E-state index in [4.69, 9.17) is 9.47 Å². The fourth-order valence-corrected chi connectivity index (χ4v) is 6.92. The van der Waals surface area contributed by atoms with Crippen molar-refractivity contribution in [3.05, 3.63) is 41.5 Å². The number of piperidine rings is 1. The van der Waals surface area contributed by atoms with Crippen molar-refractivity contribution in [2.75, 3.05) is 26.7 Å². The Kier molecular flexibility index (Phi) is 7.71. The standard InChI is InChI=1S/C31H42N2O6/c1-29(2,3)39-27(36)21-12-10-20(11-13-21)22-14-16-31(6)19-32(18-15-24(31)30(22,4)5)25(34)26(35)33-17-8-9-23(33)28(37)38-7/h10-14,23-24H,8-9,15-19H2,1-7H3/t23-,24-,31+/m0/s1. The van der Waals surface area contributed by atoms with Crippen molar-refractivity contribution >= 4 is 29.3 Å². The zero-order valence-electron chi connectivity index (χ0n) is 24.3. The number of carbonyl (C=O) groups is 4. The summed E-state index contributed by atoms with van der Waals surface area (Å²) in [5.41, 5.74) is 1.92. The molecule has 0 saturated carbocycles. The molecule has 2 aliphatic heterocycles. The van der Waals surface area contributed by atoms with Gasteiger partial charge < -0.3 is 19.3 Å². The summed E-state index contributed by atoms with van der Waals surface area (Å²) >= 11 is 0. The lowest BCUT2D eigenvalue weighted by atomic mass is 9.53. The number of benzene rings is 1. The van der Waals surface area contributed by atoms with E-state index in [2.05, 4.69) is 26.8 Å². The number of amides is 2. The van der Waals surface area contributed by atoms with Gasteiger partial charge in [-0.1, -0.05) is 39.0 Å². The maximum absolute atomic E-state index is 13.3. The van der Waals surface area contributed by atoms with Gasteiger partial charge in [-0.05, 0) is 86.5 Å². The maximum atomic E-state index is 13.3. The van der Waals surface area contributed by atoms with Crippen LogP contribution in [0.4, 0.5) is 0 Å². The summed E-state index contributed by atoms with van der Waals surface area (Å²) in [6.45, 7) is 13.6. The van der Waals surface area contributed by atoms with Crippen molar-refractivity contribution in [2.45, 2.75) is 78.9 Å². The van der Waals surface area contributed by atoms with E-state index in [0.717, 1.165) is 18.4 Å². The zero-order chi connectivity index (χ0) is 28.8. The van der Waals surface area contributed by atoms with E-state index in [1.54, 1.807) is 4.90 Å². The monoisotopic (exact) mass is 538 g/mol. The van der Waals surface area contributed by atoms with Gasteiger partial charge in [0, 0.05) is 19.6 Å². The Bertz CT molecular complexity index is 1180. The second-order valence-corrected chi connectivity index (χ2v) is 13.0. The molecule has 3 atom stereocenters. The van der Waals surface area contributed by atoms with Crippen LogP contribution in [0.3, 0.4) is 0 Å². The summed E-state index contributed by atoms with van der Waals surface area (Å²) < 4.78 is 10.3. The molecule has 0 bridgehead atoms. The second kappa shape index (κ2) is 10.4. The fraction of sp³-hybridized carbons (Fsp3) is 0.613. The predicted molar refractivity (Wildman–Crippen MR) is 148 cm³/mol. The van der Waals surface area contributed by atoms with Gasteiger partial charge in [0.2, 0.25) is 0 Å². The lowest BCUT2D eigenvalue weighted by Crippen LogP contribution is -2.58. The van der Waals surface area contributed by atoms with E-state index in [-0.39, 0.29) is 16.8 Å². The molecule has 1 aliphatic carbocycles. The Hall–Kier alpha value is -3.16. The molecule has 8 heteroatoms. The molecule has 0 N–H and O–H groups in total. The molecule has 1 aromatic carbocycles. The van der Waals surface area contributed by atoms with E-state index < -0.39 is 29.4 Å². The van der Waals surface area contributed by atoms with Crippen LogP contribution in [-0.4, -0.2) is 71.9 Å². The second-order valence-electron chi connectivity index (χ2n) is 13.0. The van der Waals surface area contributed by atoms with Gasteiger partial charge >= 0.3 is 23.8 Å². The van der Waals surface area contributed by atoms with Crippen LogP contribution >= 0.6 is 0 Å². The highest BCUT2D eigenvalue weighted by atomic mass is 16.6. The maximum Gasteiger partial charge on any atom is 0.338 e. The van der Waals surface area contributed by atoms with Crippen molar-refractivity contribution in [3.63, 3.8) is 0 Å². The molecule has 3 aliphatic rings. The molecule has 2 heterocycles. The smallest absolute Gasteiger partial charge is 0.338 e. The number of fused-ring (bicyclic) bond motifs is 1. The largest absolute Gasteiger partial charge is 0.467 e. The number of esters is 2. The molecule has 39 heavy (non-hydrogen) atoms. The third-order valence-electron chi connectivity index (χ3n) is 8.71. The van der Waals surface area contributed by atoms with E-state index in [9.17, 15) is 19.2 Å². The summed E-state index contributed by atoms with van der Waals surface area (Å²) in [5, 5.41) is 0. The van der Waals surface area contributed by atoms with Crippen LogP contribution in [0.2, 0.25) is 0 Å². The van der Waals surface area contributed by atoms with Crippen LogP contribution < -0.4 is 0 Å². The zero-order valence-corrected chi connectivity index (χ0v) is 24.3. The molecule has 4 rings (SSSR count). The highest BCUT2D eigenvalue weighted by Gasteiger charge is 2.52. The van der Waals surface area contributed by atoms with E-state index in [1.807, 2.05) is 45.0 Å². The molecule has 1 aromatic rings. The van der Waals surface area contributed by atoms with Crippen molar-refractivity contribution < 1.29 is 28.7 Å². The number of rotatable bonds is 3. The first-order valence-electron chi connectivity index (χ1n) is 13.9. The Balaban J connectivity index is 1.49. The Morgan fingerprint density at radius 2 is 1.62 bits per heavy atom. The summed E-state index contributed by atoms with van der Waals surface area (Å²) in [4.78, 5) is 54.1. The van der Waals surface area contributed by atoms with Gasteiger partial charge in [-0.15, -0.1) is 0 Å². The average Bonchev–Trinajstić information content (AvgIpc) is 3.36. The lowest BCUT2D eigenvalue weighted by Gasteiger charge is -2.55. The normalized spacial score (nSPS) is 26.4.